The third-order valence-electron chi connectivity index (χ3n) is 3.52. The molecule has 0 aromatic heterocycles. The zero-order valence-electron chi connectivity index (χ0n) is 10.9. The fourth-order valence-corrected chi connectivity index (χ4v) is 10.6. The molecule has 2 aliphatic rings. The molecule has 0 aliphatic carbocycles. The molecule has 8 heteroatoms. The normalized spacial score (nSPS) is 50.1. The summed E-state index contributed by atoms with van der Waals surface area (Å²) in [4.78, 5) is 0. The van der Waals surface area contributed by atoms with Gasteiger partial charge in [-0.3, -0.25) is 0 Å². The predicted octanol–water partition coefficient (Wildman–Crippen LogP) is 3.30. The molecular formula is C10H19BO2P2S3. The molecule has 2 fully saturated rings. The van der Waals surface area contributed by atoms with Crippen LogP contribution in [-0.2, 0) is 21.1 Å². The molecule has 1 spiro atoms. The smallest absolute Gasteiger partial charge is 0.109 e. The zero-order chi connectivity index (χ0) is 13.4. The minimum absolute atomic E-state index is 0.122. The van der Waals surface area contributed by atoms with Crippen molar-refractivity contribution >= 4 is 55.7 Å². The maximum Gasteiger partial charge on any atom is 0.109 e. The monoisotopic (exact) mass is 340 g/mol. The van der Waals surface area contributed by atoms with Gasteiger partial charge in [0.2, 0.25) is 0 Å². The summed E-state index contributed by atoms with van der Waals surface area (Å²) in [6.07, 6.45) is 1.13. The van der Waals surface area contributed by atoms with Crippen LogP contribution in [0.2, 0.25) is 0 Å². The highest BCUT2D eigenvalue weighted by Crippen LogP contribution is 2.70. The Morgan fingerprint density at radius 2 is 2.28 bits per heavy atom. The maximum atomic E-state index is 6.14. The Bertz CT molecular complexity index is 360. The first-order chi connectivity index (χ1) is 8.40. The summed E-state index contributed by atoms with van der Waals surface area (Å²) in [6, 6.07) is -0.204. The summed E-state index contributed by atoms with van der Waals surface area (Å²) in [6.45, 7) is 6.41. The van der Waals surface area contributed by atoms with E-state index in [2.05, 4.69) is 20.3 Å². The van der Waals surface area contributed by atoms with Crippen molar-refractivity contribution in [3.8, 4) is 0 Å². The number of hydrogen-bond acceptors (Lipinski definition) is 5. The largest absolute Gasteiger partial charge is 0.378 e. The van der Waals surface area contributed by atoms with E-state index in [4.69, 9.17) is 28.9 Å². The molecule has 2 rings (SSSR count). The second kappa shape index (κ2) is 6.26. The fraction of sp³-hybridized carbons (Fsp3) is 1.00. The van der Waals surface area contributed by atoms with E-state index >= 15 is 0 Å². The van der Waals surface area contributed by atoms with Gasteiger partial charge in [-0.05, 0) is 19.8 Å². The van der Waals surface area contributed by atoms with Crippen LogP contribution in [0.5, 0.6) is 0 Å². The number of hydrogen-bond donors (Lipinski definition) is 0. The molecule has 0 saturated carbocycles. The standard InChI is InChI=1S/C10H19BO2P2S3/c1-7-8(13-14-2)10(12-9(7)11)4-5-17-15(3,16)18-6-10/h7-9,14H,4-6H2,1-3H3/t7-,8?,9+,10+,15?/m0/s1. The van der Waals surface area contributed by atoms with Gasteiger partial charge in [0.1, 0.15) is 13.4 Å². The molecule has 2 nitrogen and oxygen atoms in total. The molecule has 0 aromatic carbocycles. The van der Waals surface area contributed by atoms with Crippen molar-refractivity contribution in [1.82, 2.24) is 0 Å². The highest BCUT2D eigenvalue weighted by Gasteiger charge is 2.53. The lowest BCUT2D eigenvalue weighted by atomic mass is 9.83. The van der Waals surface area contributed by atoms with Crippen molar-refractivity contribution in [2.45, 2.75) is 31.1 Å². The van der Waals surface area contributed by atoms with E-state index in [1.165, 1.54) is 0 Å². The molecule has 2 saturated heterocycles. The van der Waals surface area contributed by atoms with Crippen LogP contribution < -0.4 is 0 Å². The van der Waals surface area contributed by atoms with E-state index in [1.807, 2.05) is 22.8 Å². The average Bonchev–Trinajstić information content (AvgIpc) is 2.45. The van der Waals surface area contributed by atoms with Crippen LogP contribution in [0.4, 0.5) is 0 Å². The van der Waals surface area contributed by atoms with Crippen LogP contribution in [-0.4, -0.2) is 50.4 Å². The minimum Gasteiger partial charge on any atom is -0.378 e. The molecule has 2 radical (unpaired) electrons. The maximum absolute atomic E-state index is 6.14. The van der Waals surface area contributed by atoms with Gasteiger partial charge in [0, 0.05) is 32.2 Å². The molecule has 0 N–H and O–H groups in total. The predicted molar refractivity (Wildman–Crippen MR) is 91.4 cm³/mol. The minimum atomic E-state index is -1.30. The Morgan fingerprint density at radius 1 is 1.56 bits per heavy atom. The Kier molecular flexibility index (Phi) is 5.61. The SMILES string of the molecule is [B][C@@H]1O[C@@]2(CCSP(C)(=S)SC2)C(OPC)[C@@H]1C. The molecule has 18 heavy (non-hydrogen) atoms. The zero-order valence-corrected chi connectivity index (χ0v) is 15.3. The highest BCUT2D eigenvalue weighted by atomic mass is 33.2. The van der Waals surface area contributed by atoms with Crippen LogP contribution >= 0.6 is 36.0 Å². The Morgan fingerprint density at radius 3 is 2.94 bits per heavy atom. The van der Waals surface area contributed by atoms with Gasteiger partial charge in [0.25, 0.3) is 0 Å². The molecule has 0 aromatic rings. The molecule has 0 bridgehead atoms. The number of ether oxygens (including phenoxy) is 1. The molecule has 102 valence electrons. The third-order valence-corrected chi connectivity index (χ3v) is 13.5. The second-order valence-corrected chi connectivity index (χ2v) is 18.5. The van der Waals surface area contributed by atoms with Crippen molar-refractivity contribution in [2.24, 2.45) is 5.92 Å². The van der Waals surface area contributed by atoms with E-state index < -0.39 is 4.44 Å². The Balaban J connectivity index is 2.20. The van der Waals surface area contributed by atoms with E-state index in [0.717, 1.165) is 17.9 Å². The van der Waals surface area contributed by atoms with Gasteiger partial charge in [0.05, 0.1) is 10.5 Å². The second-order valence-electron chi connectivity index (χ2n) is 4.88. The average molecular weight is 340 g/mol. The molecular weight excluding hydrogens is 321 g/mol. The summed E-state index contributed by atoms with van der Waals surface area (Å²) >= 11 is 9.52. The summed E-state index contributed by atoms with van der Waals surface area (Å²) in [5.74, 6) is 2.25. The fourth-order valence-electron chi connectivity index (χ4n) is 2.48. The van der Waals surface area contributed by atoms with Crippen LogP contribution in [0.1, 0.15) is 13.3 Å². The van der Waals surface area contributed by atoms with Crippen molar-refractivity contribution in [3.05, 3.63) is 0 Å². The first-order valence-electron chi connectivity index (χ1n) is 6.03. The summed E-state index contributed by atoms with van der Waals surface area (Å²) in [5.41, 5.74) is -0.212. The van der Waals surface area contributed by atoms with Gasteiger partial charge < -0.3 is 9.26 Å². The molecule has 0 amide bonds. The van der Waals surface area contributed by atoms with Gasteiger partial charge in [-0.15, -0.1) is 22.8 Å². The van der Waals surface area contributed by atoms with Gasteiger partial charge in [0.15, 0.2) is 0 Å². The van der Waals surface area contributed by atoms with Crippen molar-refractivity contribution in [3.63, 3.8) is 0 Å². The van der Waals surface area contributed by atoms with Crippen molar-refractivity contribution in [1.29, 1.82) is 0 Å². The molecule has 2 heterocycles. The van der Waals surface area contributed by atoms with Gasteiger partial charge in [-0.2, -0.15) is 0 Å². The highest BCUT2D eigenvalue weighted by molar-refractivity contribution is 9.00. The third kappa shape index (κ3) is 3.32. The molecule has 3 unspecified atom stereocenters. The van der Waals surface area contributed by atoms with E-state index in [-0.39, 0.29) is 23.6 Å². The summed E-state index contributed by atoms with van der Waals surface area (Å²) in [7, 11) is 6.57. The Labute approximate surface area is 126 Å². The van der Waals surface area contributed by atoms with Gasteiger partial charge in [-0.25, -0.2) is 0 Å². The lowest BCUT2D eigenvalue weighted by Crippen LogP contribution is -2.44. The van der Waals surface area contributed by atoms with E-state index in [9.17, 15) is 0 Å². The topological polar surface area (TPSA) is 18.5 Å². The van der Waals surface area contributed by atoms with Crippen LogP contribution in [0.25, 0.3) is 0 Å². The summed E-state index contributed by atoms with van der Waals surface area (Å²) < 4.78 is 10.8. The first kappa shape index (κ1) is 16.1. The Hall–Kier alpha value is 1.76. The molecule has 6 atom stereocenters. The quantitative estimate of drug-likeness (QED) is 0.565. The van der Waals surface area contributed by atoms with Crippen molar-refractivity contribution in [2.75, 3.05) is 24.8 Å². The van der Waals surface area contributed by atoms with E-state index in [1.54, 1.807) is 0 Å². The van der Waals surface area contributed by atoms with Gasteiger partial charge >= 0.3 is 0 Å². The van der Waals surface area contributed by atoms with Crippen LogP contribution in [0.15, 0.2) is 0 Å². The molecule has 2 aliphatic heterocycles. The van der Waals surface area contributed by atoms with Crippen LogP contribution in [0.3, 0.4) is 0 Å². The lowest BCUT2D eigenvalue weighted by molar-refractivity contribution is -0.0375. The van der Waals surface area contributed by atoms with Crippen LogP contribution in [0, 0.1) is 5.92 Å². The summed E-state index contributed by atoms with van der Waals surface area (Å²) in [5, 5.41) is 0. The number of rotatable bonds is 2. The van der Waals surface area contributed by atoms with Gasteiger partial charge in [-0.1, -0.05) is 18.7 Å². The lowest BCUT2D eigenvalue weighted by Gasteiger charge is -2.33. The van der Waals surface area contributed by atoms with E-state index in [0.29, 0.717) is 8.81 Å². The first-order valence-corrected chi connectivity index (χ1v) is 13.9. The van der Waals surface area contributed by atoms with Crippen molar-refractivity contribution < 1.29 is 9.26 Å².